The van der Waals surface area contributed by atoms with Crippen LogP contribution < -0.4 is 5.32 Å². The number of rotatable bonds is 6. The van der Waals surface area contributed by atoms with Crippen LogP contribution in [0.25, 0.3) is 0 Å². The first-order valence-electron chi connectivity index (χ1n) is 6.26. The van der Waals surface area contributed by atoms with Crippen LogP contribution in [0.15, 0.2) is 24.3 Å². The predicted molar refractivity (Wildman–Crippen MR) is 71.5 cm³/mol. The third-order valence-electron chi connectivity index (χ3n) is 3.57. The van der Waals surface area contributed by atoms with Crippen LogP contribution in [-0.2, 0) is 11.2 Å². The molecule has 1 aliphatic carbocycles. The number of benzene rings is 1. The highest BCUT2D eigenvalue weighted by Crippen LogP contribution is 2.47. The van der Waals surface area contributed by atoms with Crippen molar-refractivity contribution in [3.8, 4) is 0 Å². The highest BCUT2D eigenvalue weighted by molar-refractivity contribution is 6.31. The van der Waals surface area contributed by atoms with Gasteiger partial charge in [0.1, 0.15) is 0 Å². The maximum Gasteiger partial charge on any atom is 0.224 e. The van der Waals surface area contributed by atoms with Crippen molar-refractivity contribution in [3.63, 3.8) is 0 Å². The number of nitrogens with one attached hydrogen (secondary N) is 1. The molecule has 0 bridgehead atoms. The standard InChI is InChI=1S/C14H18ClNO2/c15-12-4-2-1-3-11(12)9-13(18)16-10-14(5-6-14)7-8-17/h1-4,17H,5-10H2,(H,16,18). The largest absolute Gasteiger partial charge is 0.396 e. The molecule has 18 heavy (non-hydrogen) atoms. The van der Waals surface area contributed by atoms with Crippen LogP contribution in [-0.4, -0.2) is 24.2 Å². The number of aliphatic hydroxyl groups excluding tert-OH is 1. The molecule has 0 radical (unpaired) electrons. The van der Waals surface area contributed by atoms with E-state index in [0.29, 0.717) is 18.0 Å². The quantitative estimate of drug-likeness (QED) is 0.830. The zero-order chi connectivity index (χ0) is 13.0. The summed E-state index contributed by atoms with van der Waals surface area (Å²) in [5.74, 6) is -0.00712. The lowest BCUT2D eigenvalue weighted by Crippen LogP contribution is -2.31. The first-order chi connectivity index (χ1) is 8.65. The van der Waals surface area contributed by atoms with Crippen LogP contribution in [0, 0.1) is 5.41 Å². The van der Waals surface area contributed by atoms with Gasteiger partial charge in [0.25, 0.3) is 0 Å². The van der Waals surface area contributed by atoms with Crippen molar-refractivity contribution < 1.29 is 9.90 Å². The van der Waals surface area contributed by atoms with Gasteiger partial charge in [-0.15, -0.1) is 0 Å². The maximum absolute atomic E-state index is 11.8. The molecule has 4 heteroatoms. The lowest BCUT2D eigenvalue weighted by molar-refractivity contribution is -0.120. The molecule has 1 saturated carbocycles. The van der Waals surface area contributed by atoms with E-state index in [-0.39, 0.29) is 17.9 Å². The zero-order valence-electron chi connectivity index (χ0n) is 10.3. The number of amides is 1. The molecule has 2 N–H and O–H groups in total. The van der Waals surface area contributed by atoms with Gasteiger partial charge in [-0.1, -0.05) is 29.8 Å². The van der Waals surface area contributed by atoms with Gasteiger partial charge in [0, 0.05) is 18.2 Å². The summed E-state index contributed by atoms with van der Waals surface area (Å²) in [4.78, 5) is 11.8. The highest BCUT2D eigenvalue weighted by atomic mass is 35.5. The topological polar surface area (TPSA) is 49.3 Å². The molecule has 1 fully saturated rings. The zero-order valence-corrected chi connectivity index (χ0v) is 11.0. The summed E-state index contributed by atoms with van der Waals surface area (Å²) in [7, 11) is 0. The van der Waals surface area contributed by atoms with E-state index in [1.165, 1.54) is 0 Å². The molecular formula is C14H18ClNO2. The lowest BCUT2D eigenvalue weighted by atomic mass is 10.0. The molecule has 0 aliphatic heterocycles. The van der Waals surface area contributed by atoms with Gasteiger partial charge < -0.3 is 10.4 Å². The van der Waals surface area contributed by atoms with E-state index in [1.54, 1.807) is 6.07 Å². The first-order valence-corrected chi connectivity index (χ1v) is 6.64. The van der Waals surface area contributed by atoms with Gasteiger partial charge in [-0.05, 0) is 36.3 Å². The number of aliphatic hydroxyl groups is 1. The number of hydrogen-bond donors (Lipinski definition) is 2. The van der Waals surface area contributed by atoms with Gasteiger partial charge in [-0.3, -0.25) is 4.79 Å². The minimum Gasteiger partial charge on any atom is -0.396 e. The Morgan fingerprint density at radius 1 is 1.39 bits per heavy atom. The summed E-state index contributed by atoms with van der Waals surface area (Å²) >= 11 is 6.01. The van der Waals surface area contributed by atoms with Crippen LogP contribution in [0.5, 0.6) is 0 Å². The summed E-state index contributed by atoms with van der Waals surface area (Å²) < 4.78 is 0. The number of hydrogen-bond acceptors (Lipinski definition) is 2. The van der Waals surface area contributed by atoms with Crippen molar-refractivity contribution in [2.75, 3.05) is 13.2 Å². The Kier molecular flexibility index (Phi) is 4.25. The van der Waals surface area contributed by atoms with E-state index in [4.69, 9.17) is 16.7 Å². The predicted octanol–water partition coefficient (Wildman–Crippen LogP) is 2.16. The second-order valence-electron chi connectivity index (χ2n) is 5.02. The fraction of sp³-hybridized carbons (Fsp3) is 0.500. The third-order valence-corrected chi connectivity index (χ3v) is 3.94. The molecule has 3 nitrogen and oxygen atoms in total. The van der Waals surface area contributed by atoms with Crippen molar-refractivity contribution in [1.82, 2.24) is 5.32 Å². The van der Waals surface area contributed by atoms with E-state index in [1.807, 2.05) is 18.2 Å². The van der Waals surface area contributed by atoms with Crippen LogP contribution in [0.2, 0.25) is 5.02 Å². The van der Waals surface area contributed by atoms with Crippen molar-refractivity contribution in [1.29, 1.82) is 0 Å². The molecule has 1 aromatic rings. The monoisotopic (exact) mass is 267 g/mol. The summed E-state index contributed by atoms with van der Waals surface area (Å²) in [6.07, 6.45) is 3.29. The Labute approximate surface area is 112 Å². The Morgan fingerprint density at radius 3 is 2.72 bits per heavy atom. The number of carbonyl (C=O) groups is 1. The Morgan fingerprint density at radius 2 is 2.11 bits per heavy atom. The van der Waals surface area contributed by atoms with Crippen molar-refractivity contribution in [3.05, 3.63) is 34.9 Å². The second-order valence-corrected chi connectivity index (χ2v) is 5.43. The van der Waals surface area contributed by atoms with Crippen LogP contribution >= 0.6 is 11.6 Å². The van der Waals surface area contributed by atoms with Gasteiger partial charge in [-0.2, -0.15) is 0 Å². The molecule has 2 rings (SSSR count). The molecule has 1 aliphatic rings. The lowest BCUT2D eigenvalue weighted by Gasteiger charge is -2.14. The highest BCUT2D eigenvalue weighted by Gasteiger charge is 2.41. The molecule has 0 unspecified atom stereocenters. The minimum atomic E-state index is -0.00712. The molecule has 98 valence electrons. The van der Waals surface area contributed by atoms with Gasteiger partial charge in [0.05, 0.1) is 6.42 Å². The number of carbonyl (C=O) groups excluding carboxylic acids is 1. The van der Waals surface area contributed by atoms with E-state index in [9.17, 15) is 4.79 Å². The molecular weight excluding hydrogens is 250 g/mol. The fourth-order valence-electron chi connectivity index (χ4n) is 2.09. The van der Waals surface area contributed by atoms with E-state index >= 15 is 0 Å². The molecule has 1 aromatic carbocycles. The average molecular weight is 268 g/mol. The van der Waals surface area contributed by atoms with Crippen molar-refractivity contribution >= 4 is 17.5 Å². The summed E-state index contributed by atoms with van der Waals surface area (Å²) in [5.41, 5.74) is 1.01. The first kappa shape index (κ1) is 13.4. The third kappa shape index (κ3) is 3.47. The molecule has 0 atom stereocenters. The van der Waals surface area contributed by atoms with Crippen LogP contribution in [0.3, 0.4) is 0 Å². The summed E-state index contributed by atoms with van der Waals surface area (Å²) in [5, 5.41) is 12.5. The van der Waals surface area contributed by atoms with Gasteiger partial charge in [0.15, 0.2) is 0 Å². The van der Waals surface area contributed by atoms with Crippen molar-refractivity contribution in [2.45, 2.75) is 25.7 Å². The van der Waals surface area contributed by atoms with Crippen molar-refractivity contribution in [2.24, 2.45) is 5.41 Å². The summed E-state index contributed by atoms with van der Waals surface area (Å²) in [6.45, 7) is 0.858. The van der Waals surface area contributed by atoms with E-state index in [0.717, 1.165) is 24.8 Å². The SMILES string of the molecule is O=C(Cc1ccccc1Cl)NCC1(CCO)CC1. The van der Waals surface area contributed by atoms with E-state index in [2.05, 4.69) is 5.32 Å². The molecule has 1 amide bonds. The van der Waals surface area contributed by atoms with Crippen LogP contribution in [0.1, 0.15) is 24.8 Å². The van der Waals surface area contributed by atoms with Gasteiger partial charge >= 0.3 is 0 Å². The summed E-state index contributed by atoms with van der Waals surface area (Å²) in [6, 6.07) is 7.38. The fourth-order valence-corrected chi connectivity index (χ4v) is 2.29. The second kappa shape index (κ2) is 5.72. The molecule has 0 heterocycles. The van der Waals surface area contributed by atoms with Gasteiger partial charge in [-0.25, -0.2) is 0 Å². The number of halogens is 1. The minimum absolute atomic E-state index is 0.00712. The average Bonchev–Trinajstić information content (AvgIpc) is 3.11. The molecule has 0 aromatic heterocycles. The Hall–Kier alpha value is -1.06. The normalized spacial score (nSPS) is 16.3. The van der Waals surface area contributed by atoms with Gasteiger partial charge in [0.2, 0.25) is 5.91 Å². The van der Waals surface area contributed by atoms with E-state index < -0.39 is 0 Å². The Bertz CT molecular complexity index is 430. The van der Waals surface area contributed by atoms with Crippen LogP contribution in [0.4, 0.5) is 0 Å². The maximum atomic E-state index is 11.8. The smallest absolute Gasteiger partial charge is 0.224 e. The molecule has 0 spiro atoms. The Balaban J connectivity index is 1.81. The molecule has 0 saturated heterocycles.